The van der Waals surface area contributed by atoms with Crippen LogP contribution in [-0.2, 0) is 17.5 Å². The number of halogens is 5. The number of aromatic hydroxyl groups is 1. The van der Waals surface area contributed by atoms with E-state index in [1.54, 1.807) is 48.5 Å². The highest BCUT2D eigenvalue weighted by Crippen LogP contribution is 2.34. The summed E-state index contributed by atoms with van der Waals surface area (Å²) < 4.78 is 39.6. The van der Waals surface area contributed by atoms with Gasteiger partial charge in [0, 0.05) is 54.9 Å². The lowest BCUT2D eigenvalue weighted by Gasteiger charge is -2.33. The molecule has 250 valence electrons. The summed E-state index contributed by atoms with van der Waals surface area (Å²) in [5, 5.41) is 21.3. The lowest BCUT2D eigenvalue weighted by atomic mass is 10.1. The summed E-state index contributed by atoms with van der Waals surface area (Å²) in [4.78, 5) is 33.7. The van der Waals surface area contributed by atoms with E-state index >= 15 is 0 Å². The molecule has 10 nitrogen and oxygen atoms in total. The van der Waals surface area contributed by atoms with Gasteiger partial charge >= 0.3 is 12.2 Å². The van der Waals surface area contributed by atoms with E-state index in [2.05, 4.69) is 31.0 Å². The molecule has 1 aliphatic rings. The monoisotopic (exact) mass is 709 g/mol. The highest BCUT2D eigenvalue weighted by molar-refractivity contribution is 7.13. The molecule has 0 saturated carbocycles. The molecule has 4 N–H and O–H groups in total. The lowest BCUT2D eigenvalue weighted by molar-refractivity contribution is -0.137. The maximum atomic E-state index is 13.2. The molecule has 3 amide bonds. The van der Waals surface area contributed by atoms with Gasteiger partial charge in [-0.1, -0.05) is 24.3 Å². The summed E-state index contributed by atoms with van der Waals surface area (Å²) in [5.41, 5.74) is 3.96. The number of amides is 3. The molecule has 0 bridgehead atoms. The Kier molecular flexibility index (Phi) is 13.5. The summed E-state index contributed by atoms with van der Waals surface area (Å²) in [5.74, 6) is -0.140. The number of aromatic nitrogens is 1. The predicted octanol–water partition coefficient (Wildman–Crippen LogP) is 6.29. The number of nitrogens with one attached hydrogen (secondary N) is 3. The number of carbonyl (C=O) groups is 2. The fourth-order valence-corrected chi connectivity index (χ4v) is 5.49. The van der Waals surface area contributed by atoms with Crippen molar-refractivity contribution < 1.29 is 27.9 Å². The first-order valence-electron chi connectivity index (χ1n) is 14.0. The molecule has 1 saturated heterocycles. The van der Waals surface area contributed by atoms with Crippen molar-refractivity contribution in [2.45, 2.75) is 12.7 Å². The van der Waals surface area contributed by atoms with Crippen LogP contribution in [0.3, 0.4) is 0 Å². The second kappa shape index (κ2) is 17.1. The minimum absolute atomic E-state index is 0. The van der Waals surface area contributed by atoms with Gasteiger partial charge in [0.05, 0.1) is 29.7 Å². The zero-order chi connectivity index (χ0) is 31.8. The number of phenolic OH excluding ortho intramolecular Hbond substituents is 1. The topological polar surface area (TPSA) is 122 Å². The number of carbonyl (C=O) groups excluding carboxylic acids is 2. The van der Waals surface area contributed by atoms with Crippen molar-refractivity contribution in [1.29, 1.82) is 0 Å². The number of anilines is 2. The van der Waals surface area contributed by atoms with Crippen LogP contribution in [0.15, 0.2) is 83.3 Å². The lowest BCUT2D eigenvalue weighted by Crippen LogP contribution is -2.48. The molecule has 0 radical (unpaired) electrons. The average Bonchev–Trinajstić information content (AvgIpc) is 3.47. The van der Waals surface area contributed by atoms with Gasteiger partial charge in [-0.25, -0.2) is 15.2 Å². The normalized spacial score (nSPS) is 13.8. The summed E-state index contributed by atoms with van der Waals surface area (Å²) in [6.45, 7) is 3.88. The smallest absolute Gasteiger partial charge is 0.418 e. The third-order valence-electron chi connectivity index (χ3n) is 6.97. The second-order valence-corrected chi connectivity index (χ2v) is 11.1. The Bertz CT molecular complexity index is 1660. The number of para-hydroxylation sites is 2. The Labute approximate surface area is 285 Å². The standard InChI is InChI=1S/C31H30F3N7O3S.2ClH/c32-31(33,34)25-6-2-3-7-26(25)38-30(44)37-23-11-9-21(10-12-23)29-36-24(20-45-29)18-40-13-15-41(16-14-40)19-28(43)39-35-17-22-5-1-4-8-27(22)42;;/h1-12,17,20,42H,13-16,18-19H2,(H,39,43)(H2,37,38,44);2*1H/b35-17+;;. The first-order valence-corrected chi connectivity index (χ1v) is 14.9. The van der Waals surface area contributed by atoms with E-state index in [9.17, 15) is 27.9 Å². The van der Waals surface area contributed by atoms with Gasteiger partial charge in [0.2, 0.25) is 0 Å². The Morgan fingerprint density at radius 1 is 0.915 bits per heavy atom. The first kappa shape index (κ1) is 37.2. The van der Waals surface area contributed by atoms with Gasteiger partial charge in [-0.15, -0.1) is 36.2 Å². The number of hydrogen-bond donors (Lipinski definition) is 4. The summed E-state index contributed by atoms with van der Waals surface area (Å²) in [6, 6.07) is 17.6. The number of hydrogen-bond acceptors (Lipinski definition) is 8. The fourth-order valence-electron chi connectivity index (χ4n) is 4.68. The minimum Gasteiger partial charge on any atom is -0.507 e. The quantitative estimate of drug-likeness (QED) is 0.120. The van der Waals surface area contributed by atoms with Crippen LogP contribution in [0.2, 0.25) is 0 Å². The molecule has 1 aromatic heterocycles. The first-order chi connectivity index (χ1) is 21.6. The van der Waals surface area contributed by atoms with Gasteiger partial charge in [0.25, 0.3) is 5.91 Å². The zero-order valence-corrected chi connectivity index (χ0v) is 27.2. The number of benzene rings is 3. The third kappa shape index (κ3) is 10.7. The number of thiazole rings is 1. The summed E-state index contributed by atoms with van der Waals surface area (Å²) in [6.07, 6.45) is -3.18. The van der Waals surface area contributed by atoms with Crippen molar-refractivity contribution in [3.63, 3.8) is 0 Å². The Balaban J connectivity index is 0.00000300. The van der Waals surface area contributed by atoms with Crippen molar-refractivity contribution in [1.82, 2.24) is 20.2 Å². The second-order valence-electron chi connectivity index (χ2n) is 10.2. The number of piperazine rings is 1. The molecule has 1 fully saturated rings. The van der Waals surface area contributed by atoms with E-state index < -0.39 is 17.8 Å². The molecule has 0 atom stereocenters. The van der Waals surface area contributed by atoms with E-state index in [4.69, 9.17) is 4.98 Å². The Morgan fingerprint density at radius 2 is 1.57 bits per heavy atom. The van der Waals surface area contributed by atoms with Crippen LogP contribution in [0.1, 0.15) is 16.8 Å². The molecule has 0 aliphatic carbocycles. The summed E-state index contributed by atoms with van der Waals surface area (Å²) in [7, 11) is 0. The van der Waals surface area contributed by atoms with E-state index in [0.717, 1.165) is 48.5 Å². The minimum atomic E-state index is -4.59. The highest BCUT2D eigenvalue weighted by Gasteiger charge is 2.33. The molecule has 4 aromatic rings. The van der Waals surface area contributed by atoms with Crippen LogP contribution in [0.5, 0.6) is 5.75 Å². The van der Waals surface area contributed by atoms with Crippen molar-refractivity contribution in [2.75, 3.05) is 43.4 Å². The van der Waals surface area contributed by atoms with Crippen molar-refractivity contribution in [3.05, 3.63) is 95.0 Å². The molecular weight excluding hydrogens is 678 g/mol. The van der Waals surface area contributed by atoms with Crippen LogP contribution in [0.25, 0.3) is 10.6 Å². The largest absolute Gasteiger partial charge is 0.507 e. The SMILES string of the molecule is Cl.Cl.O=C(CN1CCN(Cc2csc(-c3ccc(NC(=O)Nc4ccccc4C(F)(F)F)cc3)n2)CC1)N/N=C/c1ccccc1O. The van der Waals surface area contributed by atoms with Gasteiger partial charge in [0.15, 0.2) is 0 Å². The molecule has 2 heterocycles. The number of phenols is 1. The van der Waals surface area contributed by atoms with Crippen molar-refractivity contribution in [3.8, 4) is 16.3 Å². The maximum Gasteiger partial charge on any atom is 0.418 e. The van der Waals surface area contributed by atoms with Gasteiger partial charge in [-0.05, 0) is 48.5 Å². The van der Waals surface area contributed by atoms with Gasteiger partial charge in [-0.3, -0.25) is 14.6 Å². The van der Waals surface area contributed by atoms with E-state index in [1.165, 1.54) is 35.8 Å². The van der Waals surface area contributed by atoms with Crippen LogP contribution in [-0.4, -0.2) is 70.8 Å². The molecule has 47 heavy (non-hydrogen) atoms. The van der Waals surface area contributed by atoms with Crippen molar-refractivity contribution in [2.24, 2.45) is 5.10 Å². The fraction of sp³-hybridized carbons (Fsp3) is 0.226. The number of alkyl halides is 3. The van der Waals surface area contributed by atoms with Crippen LogP contribution >= 0.6 is 36.2 Å². The Hall–Kier alpha value is -4.21. The maximum absolute atomic E-state index is 13.2. The number of rotatable bonds is 9. The van der Waals surface area contributed by atoms with Crippen molar-refractivity contribution >= 4 is 65.7 Å². The van der Waals surface area contributed by atoms with Gasteiger partial charge in [-0.2, -0.15) is 18.3 Å². The molecule has 5 rings (SSSR count). The highest BCUT2D eigenvalue weighted by atomic mass is 35.5. The molecule has 16 heteroatoms. The molecule has 1 aliphatic heterocycles. The molecule has 3 aromatic carbocycles. The Morgan fingerprint density at radius 3 is 2.28 bits per heavy atom. The van der Waals surface area contributed by atoms with Crippen LogP contribution in [0, 0.1) is 0 Å². The average molecular weight is 711 g/mol. The van der Waals surface area contributed by atoms with E-state index in [0.29, 0.717) is 17.8 Å². The van der Waals surface area contributed by atoms with Crippen LogP contribution in [0.4, 0.5) is 29.3 Å². The number of urea groups is 1. The number of hydrazone groups is 1. The van der Waals surface area contributed by atoms with Crippen LogP contribution < -0.4 is 16.1 Å². The van der Waals surface area contributed by atoms with E-state index in [-0.39, 0.29) is 48.7 Å². The molecule has 0 unspecified atom stereocenters. The predicted molar refractivity (Wildman–Crippen MR) is 182 cm³/mol. The molecular formula is C31H32Cl2F3N7O3S. The number of nitrogens with zero attached hydrogens (tertiary/aromatic N) is 4. The third-order valence-corrected chi connectivity index (χ3v) is 7.91. The zero-order valence-electron chi connectivity index (χ0n) is 24.7. The van der Waals surface area contributed by atoms with Gasteiger partial charge in [0.1, 0.15) is 10.8 Å². The molecule has 0 spiro atoms. The van der Waals surface area contributed by atoms with E-state index in [1.807, 2.05) is 5.38 Å². The van der Waals surface area contributed by atoms with Gasteiger partial charge < -0.3 is 15.7 Å². The summed E-state index contributed by atoms with van der Waals surface area (Å²) >= 11 is 1.50.